The van der Waals surface area contributed by atoms with Crippen molar-refractivity contribution in [1.29, 1.82) is 0 Å². The van der Waals surface area contributed by atoms with Gasteiger partial charge in [-0.25, -0.2) is 19.2 Å². The van der Waals surface area contributed by atoms with Crippen LogP contribution in [0.3, 0.4) is 0 Å². The minimum absolute atomic E-state index is 0.0721. The van der Waals surface area contributed by atoms with Gasteiger partial charge in [0, 0.05) is 27.8 Å². The van der Waals surface area contributed by atoms with E-state index in [0.717, 1.165) is 43.8 Å². The number of carbonyl (C=O) groups excluding carboxylic acids is 6. The van der Waals surface area contributed by atoms with E-state index in [-0.39, 0.29) is 74.3 Å². The number of amides is 6. The van der Waals surface area contributed by atoms with Gasteiger partial charge in [0.2, 0.25) is 24.6 Å². The fraction of sp³-hybridized carbons (Fsp3) is 0.256. The van der Waals surface area contributed by atoms with Crippen molar-refractivity contribution >= 4 is 66.2 Å². The first-order chi connectivity index (χ1) is 48.8. The van der Waals surface area contributed by atoms with Crippen LogP contribution >= 0.6 is 8.25 Å². The molecule has 0 aliphatic heterocycles. The lowest BCUT2D eigenvalue weighted by molar-refractivity contribution is -0.200. The van der Waals surface area contributed by atoms with Gasteiger partial charge in [0.25, 0.3) is 11.8 Å². The van der Waals surface area contributed by atoms with Crippen LogP contribution in [0.2, 0.25) is 0 Å². The van der Waals surface area contributed by atoms with Crippen LogP contribution in [0.15, 0.2) is 215 Å². The molecule has 8 aromatic carbocycles. The number of nitrogens with one attached hydrogen (secondary N) is 4. The summed E-state index contributed by atoms with van der Waals surface area (Å²) in [6.45, 7) is 7.59. The molecular formula is C78H80N6O15P+. The van der Waals surface area contributed by atoms with E-state index in [9.17, 15) is 33.3 Å². The van der Waals surface area contributed by atoms with E-state index in [1.165, 1.54) is 46.5 Å². The third-order valence-corrected chi connectivity index (χ3v) is 17.6. The van der Waals surface area contributed by atoms with Crippen LogP contribution in [-0.2, 0) is 59.5 Å². The van der Waals surface area contributed by atoms with Gasteiger partial charge >= 0.3 is 8.25 Å². The van der Waals surface area contributed by atoms with Crippen LogP contribution in [0.25, 0.3) is 44.2 Å². The quantitative estimate of drug-likeness (QED) is 0.0121. The minimum atomic E-state index is -2.94. The standard InChI is InChI=1S/C78H79N6O15P/c1-5-69(83(51-85)94-47-55-19-11-9-12-20-55)67(33-29-53-27-31-57-23-15-17-25-59(57)39-53)75(87)79-49-81-77(89)73-37-35-71(96-73)61-41-63(92-7-3)45-65(43-61)98-100(91)99-66-44-62(42-64(46-66)93-8-4)72-36-38-74(97-72)78(90)82-50-80-76(88)68(34-30-54-28-32-58-24-16-18-26-60(58)40-54)70(6-2)84(52-86)95-48-56-21-13-10-14-22-56/h9-28,31-32,35-46,51-52,67-70H,5-8,29-30,33-34,47-50H2,1-4H3,(H3-,79,80,81,82,87,88,89,90)/p+1/t67-,68-,69-,70-/m1/s1. The number of fused-ring (bicyclic) bond motifs is 2. The Bertz CT molecular complexity index is 4140. The summed E-state index contributed by atoms with van der Waals surface area (Å²) in [6, 6.07) is 61.4. The molecule has 0 saturated carbocycles. The largest absolute Gasteiger partial charge is 0.805 e. The first-order valence-corrected chi connectivity index (χ1v) is 34.4. The van der Waals surface area contributed by atoms with Gasteiger partial charge in [-0.2, -0.15) is 0 Å². The maximum absolute atomic E-state index is 14.2. The van der Waals surface area contributed by atoms with Crippen LogP contribution in [0.5, 0.6) is 23.0 Å². The van der Waals surface area contributed by atoms with Crippen molar-refractivity contribution in [2.24, 2.45) is 11.8 Å². The minimum Gasteiger partial charge on any atom is -0.494 e. The summed E-state index contributed by atoms with van der Waals surface area (Å²) in [5, 5.41) is 17.9. The van der Waals surface area contributed by atoms with Crippen LogP contribution in [0.4, 0.5) is 0 Å². The Hall–Kier alpha value is -11.1. The summed E-state index contributed by atoms with van der Waals surface area (Å²) >= 11 is 0. The van der Waals surface area contributed by atoms with E-state index >= 15 is 0 Å². The molecule has 0 unspecified atom stereocenters. The summed E-state index contributed by atoms with van der Waals surface area (Å²) in [7, 11) is -2.94. The zero-order chi connectivity index (χ0) is 70.2. The molecule has 0 aliphatic carbocycles. The van der Waals surface area contributed by atoms with E-state index < -0.39 is 55.8 Å². The van der Waals surface area contributed by atoms with Crippen LogP contribution in [-0.4, -0.2) is 85.2 Å². The highest BCUT2D eigenvalue weighted by Crippen LogP contribution is 2.40. The van der Waals surface area contributed by atoms with Crippen molar-refractivity contribution in [1.82, 2.24) is 31.4 Å². The molecular weight excluding hydrogens is 1290 g/mol. The smallest absolute Gasteiger partial charge is 0.494 e. The number of hydroxylamine groups is 4. The number of furan rings is 2. The SMILES string of the molecule is CCOc1cc(O[P+](=O)Oc2cc(OCC)cc(-c3ccc(C(=O)NCNC(=O)[C@H](CCc4ccc5ccccc5c4)[C@@H](CC)N(C=O)OCc4ccccc4)o3)c2)cc(-c2ccc(C(=O)NCNC(=O)[C@H](CCc3ccc4ccccc4c3)[C@@H](CC)N(C=O)OCc3ccccc3)o2)c1. The van der Waals surface area contributed by atoms with Gasteiger partial charge in [-0.15, -0.1) is 0 Å². The van der Waals surface area contributed by atoms with Gasteiger partial charge in [0.1, 0.15) is 36.2 Å². The van der Waals surface area contributed by atoms with Gasteiger partial charge in [-0.3, -0.25) is 38.4 Å². The predicted molar refractivity (Wildman–Crippen MR) is 378 cm³/mol. The van der Waals surface area contributed by atoms with Crippen LogP contribution in [0.1, 0.15) is 96.7 Å². The van der Waals surface area contributed by atoms with Crippen molar-refractivity contribution in [3.8, 4) is 45.6 Å². The van der Waals surface area contributed by atoms with E-state index in [1.807, 2.05) is 147 Å². The van der Waals surface area contributed by atoms with Crippen molar-refractivity contribution in [2.45, 2.75) is 91.5 Å². The Morgan fingerprint density at radius 2 is 0.830 bits per heavy atom. The second kappa shape index (κ2) is 35.9. The monoisotopic (exact) mass is 1370 g/mol. The molecule has 0 radical (unpaired) electrons. The molecule has 0 spiro atoms. The topological polar surface area (TPSA) is 256 Å². The zero-order valence-corrected chi connectivity index (χ0v) is 56.9. The number of hydrogen-bond acceptors (Lipinski definition) is 15. The molecule has 0 bridgehead atoms. The molecule has 6 amide bonds. The van der Waals surface area contributed by atoms with Crippen molar-refractivity contribution in [3.63, 3.8) is 0 Å². The summed E-state index contributed by atoms with van der Waals surface area (Å²) in [6.07, 6.45) is 3.78. The molecule has 0 fully saturated rings. The number of ether oxygens (including phenoxy) is 2. The van der Waals surface area contributed by atoms with E-state index in [4.69, 9.17) is 37.0 Å². The van der Waals surface area contributed by atoms with Gasteiger partial charge in [-0.1, -0.05) is 159 Å². The van der Waals surface area contributed by atoms with Crippen molar-refractivity contribution in [3.05, 3.63) is 240 Å². The number of rotatable bonds is 38. The molecule has 4 atom stereocenters. The molecule has 0 saturated heterocycles. The maximum Gasteiger partial charge on any atom is 0.805 e. The number of nitrogens with zero attached hydrogens (tertiary/aromatic N) is 2. The molecule has 22 heteroatoms. The summed E-state index contributed by atoms with van der Waals surface area (Å²) in [5.74, 6) is -2.40. The molecule has 10 rings (SSSR count). The molecule has 2 aromatic heterocycles. The Kier molecular flexibility index (Phi) is 25.7. The molecule has 516 valence electrons. The number of aryl methyl sites for hydroxylation is 2. The fourth-order valence-electron chi connectivity index (χ4n) is 11.9. The molecule has 100 heavy (non-hydrogen) atoms. The fourth-order valence-corrected chi connectivity index (χ4v) is 12.5. The highest BCUT2D eigenvalue weighted by molar-refractivity contribution is 7.34. The summed E-state index contributed by atoms with van der Waals surface area (Å²) < 4.78 is 49.3. The molecule has 21 nitrogen and oxygen atoms in total. The van der Waals surface area contributed by atoms with E-state index in [1.54, 1.807) is 38.1 Å². The van der Waals surface area contributed by atoms with Crippen LogP contribution < -0.4 is 39.8 Å². The highest BCUT2D eigenvalue weighted by atomic mass is 31.1. The van der Waals surface area contributed by atoms with Gasteiger partial charge in [0.15, 0.2) is 23.0 Å². The lowest BCUT2D eigenvalue weighted by Gasteiger charge is -2.32. The summed E-state index contributed by atoms with van der Waals surface area (Å²) in [4.78, 5) is 92.9. The lowest BCUT2D eigenvalue weighted by Crippen LogP contribution is -2.48. The van der Waals surface area contributed by atoms with E-state index in [2.05, 4.69) is 33.4 Å². The predicted octanol–water partition coefficient (Wildman–Crippen LogP) is 14.3. The van der Waals surface area contributed by atoms with Crippen molar-refractivity contribution in [2.75, 3.05) is 26.6 Å². The Morgan fingerprint density at radius 3 is 1.22 bits per heavy atom. The van der Waals surface area contributed by atoms with Gasteiger partial charge in [-0.05, 0) is 145 Å². The number of benzene rings is 8. The first kappa shape index (κ1) is 71.6. The summed E-state index contributed by atoms with van der Waals surface area (Å²) in [5.41, 5.74) is 4.55. The first-order valence-electron chi connectivity index (χ1n) is 33.3. The number of hydrogen-bond donors (Lipinski definition) is 4. The Morgan fingerprint density at radius 1 is 0.440 bits per heavy atom. The second-order valence-corrected chi connectivity index (χ2v) is 24.3. The average Bonchev–Trinajstić information content (AvgIpc) is 1.76. The zero-order valence-electron chi connectivity index (χ0n) is 56.0. The van der Waals surface area contributed by atoms with Gasteiger partial charge in [0.05, 0.1) is 50.5 Å². The average molecular weight is 1370 g/mol. The Labute approximate surface area is 580 Å². The Balaban J connectivity index is 0.758. The third-order valence-electron chi connectivity index (χ3n) is 16.9. The van der Waals surface area contributed by atoms with Crippen LogP contribution in [0, 0.1) is 11.8 Å². The molecule has 0 aliphatic rings. The molecule has 10 aromatic rings. The van der Waals surface area contributed by atoms with Crippen molar-refractivity contribution < 1.29 is 70.4 Å². The second-order valence-electron chi connectivity index (χ2n) is 23.5. The van der Waals surface area contributed by atoms with E-state index in [0.29, 0.717) is 74.0 Å². The van der Waals surface area contributed by atoms with Gasteiger partial charge < -0.3 is 39.6 Å². The highest BCUT2D eigenvalue weighted by Gasteiger charge is 2.35. The number of carbonyl (C=O) groups is 6. The maximum atomic E-state index is 14.2. The molecule has 2 heterocycles. The normalized spacial score (nSPS) is 12.3. The molecule has 4 N–H and O–H groups in total. The third kappa shape index (κ3) is 19.6. The lowest BCUT2D eigenvalue weighted by atomic mass is 9.89.